The van der Waals surface area contributed by atoms with Crippen LogP contribution in [0.3, 0.4) is 0 Å². The molecule has 1 saturated carbocycles. The first kappa shape index (κ1) is 22.0. The van der Waals surface area contributed by atoms with Crippen LogP contribution in [0, 0.1) is 13.8 Å². The molecule has 1 saturated heterocycles. The number of pyridine rings is 1. The van der Waals surface area contributed by atoms with E-state index in [-0.39, 0.29) is 12.1 Å². The van der Waals surface area contributed by atoms with Gasteiger partial charge in [0, 0.05) is 35.4 Å². The summed E-state index contributed by atoms with van der Waals surface area (Å²) in [7, 11) is 1.71. The summed E-state index contributed by atoms with van der Waals surface area (Å²) < 4.78 is 7.82. The molecule has 3 heterocycles. The summed E-state index contributed by atoms with van der Waals surface area (Å²) in [5, 5.41) is 4.50. The van der Waals surface area contributed by atoms with Gasteiger partial charge in [-0.15, -0.1) is 0 Å². The van der Waals surface area contributed by atoms with E-state index in [2.05, 4.69) is 59.0 Å². The van der Waals surface area contributed by atoms with Gasteiger partial charge in [-0.2, -0.15) is 0 Å². The molecule has 0 amide bonds. The highest BCUT2D eigenvalue weighted by atomic mass is 32.1. The third kappa shape index (κ3) is 4.01. The third-order valence-electron chi connectivity index (χ3n) is 7.20. The monoisotopic (exact) mass is 460 g/mol. The molecule has 2 fully saturated rings. The van der Waals surface area contributed by atoms with Crippen molar-refractivity contribution >= 4 is 17.3 Å². The largest absolute Gasteiger partial charge is 0.497 e. The maximum atomic E-state index is 5.95. The number of aromatic nitrogens is 2. The minimum atomic E-state index is 0.0277. The van der Waals surface area contributed by atoms with Crippen molar-refractivity contribution in [2.75, 3.05) is 7.11 Å². The van der Waals surface area contributed by atoms with Crippen LogP contribution in [0.4, 0.5) is 0 Å². The van der Waals surface area contributed by atoms with Gasteiger partial charge < -0.3 is 19.5 Å². The second-order valence-corrected chi connectivity index (χ2v) is 9.58. The first-order chi connectivity index (χ1) is 16.1. The summed E-state index contributed by atoms with van der Waals surface area (Å²) >= 11 is 5.95. The summed E-state index contributed by atoms with van der Waals surface area (Å²) in [6.45, 7) is 4.40. The molecule has 0 bridgehead atoms. The van der Waals surface area contributed by atoms with Crippen molar-refractivity contribution in [3.8, 4) is 11.4 Å². The topological polar surface area (TPSA) is 42.3 Å². The van der Waals surface area contributed by atoms with Crippen molar-refractivity contribution in [1.29, 1.82) is 0 Å². The first-order valence-corrected chi connectivity index (χ1v) is 12.3. The number of ether oxygens (including phenoxy) is 1. The highest BCUT2D eigenvalue weighted by molar-refractivity contribution is 7.80. The molecule has 2 aliphatic rings. The van der Waals surface area contributed by atoms with Crippen LogP contribution in [0.15, 0.2) is 54.7 Å². The zero-order valence-corrected chi connectivity index (χ0v) is 20.4. The zero-order chi connectivity index (χ0) is 22.9. The van der Waals surface area contributed by atoms with E-state index in [9.17, 15) is 0 Å². The van der Waals surface area contributed by atoms with Crippen molar-refractivity contribution in [3.63, 3.8) is 0 Å². The van der Waals surface area contributed by atoms with E-state index in [1.54, 1.807) is 7.11 Å². The van der Waals surface area contributed by atoms with Crippen LogP contribution >= 0.6 is 12.2 Å². The van der Waals surface area contributed by atoms with E-state index in [0.717, 1.165) is 22.2 Å². The van der Waals surface area contributed by atoms with Crippen molar-refractivity contribution < 1.29 is 4.74 Å². The fourth-order valence-electron chi connectivity index (χ4n) is 5.68. The van der Waals surface area contributed by atoms with Crippen LogP contribution in [0.5, 0.6) is 5.75 Å². The molecule has 172 valence electrons. The Kier molecular flexibility index (Phi) is 6.11. The number of methoxy groups -OCH3 is 1. The Morgan fingerprint density at radius 2 is 1.85 bits per heavy atom. The number of thiocarbonyl (C=S) groups is 1. The van der Waals surface area contributed by atoms with Crippen LogP contribution in [0.2, 0.25) is 0 Å². The van der Waals surface area contributed by atoms with Crippen molar-refractivity contribution in [2.45, 2.75) is 64.1 Å². The highest BCUT2D eigenvalue weighted by Crippen LogP contribution is 2.44. The number of nitrogens with one attached hydrogen (secondary N) is 1. The van der Waals surface area contributed by atoms with E-state index >= 15 is 0 Å². The van der Waals surface area contributed by atoms with Gasteiger partial charge in [-0.25, -0.2) is 0 Å². The lowest BCUT2D eigenvalue weighted by Crippen LogP contribution is -2.40. The molecule has 1 aliphatic carbocycles. The summed E-state index contributed by atoms with van der Waals surface area (Å²) in [6, 6.07) is 17.4. The molecule has 1 N–H and O–H groups in total. The Balaban J connectivity index is 1.62. The molecule has 2 aromatic heterocycles. The average molecular weight is 461 g/mol. The molecule has 3 aromatic rings. The molecule has 0 spiro atoms. The van der Waals surface area contributed by atoms with Crippen LogP contribution in [-0.4, -0.2) is 32.7 Å². The minimum absolute atomic E-state index is 0.0277. The van der Waals surface area contributed by atoms with Crippen LogP contribution in [-0.2, 0) is 0 Å². The average Bonchev–Trinajstić information content (AvgIpc) is 3.35. The molecular weight excluding hydrogens is 428 g/mol. The highest BCUT2D eigenvalue weighted by Gasteiger charge is 2.44. The molecule has 0 radical (unpaired) electrons. The number of aryl methyl sites for hydroxylation is 1. The number of hydrogen-bond donors (Lipinski definition) is 1. The second-order valence-electron chi connectivity index (χ2n) is 9.19. The van der Waals surface area contributed by atoms with Gasteiger partial charge in [0.1, 0.15) is 5.75 Å². The van der Waals surface area contributed by atoms with Gasteiger partial charge in [-0.05, 0) is 74.8 Å². The Hall–Kier alpha value is -2.86. The van der Waals surface area contributed by atoms with E-state index in [0.29, 0.717) is 6.04 Å². The molecular formula is C27H32N4OS. The molecule has 0 unspecified atom stereocenters. The summed E-state index contributed by atoms with van der Waals surface area (Å²) in [5.41, 5.74) is 5.90. The first-order valence-electron chi connectivity index (χ1n) is 11.9. The molecule has 33 heavy (non-hydrogen) atoms. The summed E-state index contributed by atoms with van der Waals surface area (Å²) in [4.78, 5) is 7.21. The molecule has 5 nitrogen and oxygen atoms in total. The lowest BCUT2D eigenvalue weighted by molar-refractivity contribution is 0.197. The Morgan fingerprint density at radius 1 is 1.03 bits per heavy atom. The molecule has 6 heteroatoms. The van der Waals surface area contributed by atoms with Gasteiger partial charge in [0.2, 0.25) is 0 Å². The zero-order valence-electron chi connectivity index (χ0n) is 19.6. The quantitative estimate of drug-likeness (QED) is 0.487. The van der Waals surface area contributed by atoms with E-state index < -0.39 is 0 Å². The van der Waals surface area contributed by atoms with E-state index in [1.807, 2.05) is 24.4 Å². The predicted molar refractivity (Wildman–Crippen MR) is 136 cm³/mol. The number of rotatable bonds is 5. The Labute approximate surface area is 201 Å². The van der Waals surface area contributed by atoms with Crippen molar-refractivity contribution in [3.05, 3.63) is 77.4 Å². The smallest absolute Gasteiger partial charge is 0.170 e. The number of nitrogens with zero attached hydrogens (tertiary/aromatic N) is 3. The lowest BCUT2D eigenvalue weighted by Gasteiger charge is -2.37. The van der Waals surface area contributed by atoms with Crippen LogP contribution in [0.25, 0.3) is 5.69 Å². The van der Waals surface area contributed by atoms with Crippen LogP contribution in [0.1, 0.15) is 66.8 Å². The Bertz CT molecular complexity index is 1140. The van der Waals surface area contributed by atoms with Gasteiger partial charge >= 0.3 is 0 Å². The van der Waals surface area contributed by atoms with E-state index in [1.165, 1.54) is 49.1 Å². The fourth-order valence-corrected chi connectivity index (χ4v) is 6.07. The summed E-state index contributed by atoms with van der Waals surface area (Å²) in [5.74, 6) is 0.862. The molecule has 1 aliphatic heterocycles. The lowest BCUT2D eigenvalue weighted by atomic mass is 9.90. The van der Waals surface area contributed by atoms with Crippen LogP contribution < -0.4 is 10.1 Å². The maximum absolute atomic E-state index is 5.95. The predicted octanol–water partition coefficient (Wildman–Crippen LogP) is 5.80. The van der Waals surface area contributed by atoms with Gasteiger partial charge in [0.05, 0.1) is 24.9 Å². The van der Waals surface area contributed by atoms with Gasteiger partial charge in [0.15, 0.2) is 5.11 Å². The third-order valence-corrected chi connectivity index (χ3v) is 7.53. The van der Waals surface area contributed by atoms with Crippen molar-refractivity contribution in [1.82, 2.24) is 19.8 Å². The fraction of sp³-hybridized carbons (Fsp3) is 0.407. The molecule has 2 atom stereocenters. The van der Waals surface area contributed by atoms with Gasteiger partial charge in [0.25, 0.3) is 0 Å². The minimum Gasteiger partial charge on any atom is -0.497 e. The van der Waals surface area contributed by atoms with E-state index in [4.69, 9.17) is 21.9 Å². The standard InChI is InChI=1S/C27H32N4OS/c1-18-16-23(19(2)30(18)21-12-9-13-22(17-21)32-3)26-25(24-14-7-8-15-28-24)29-27(33)31(26)20-10-5-4-6-11-20/h7-9,12-17,20,25-26H,4-6,10-11H2,1-3H3,(H,29,33)/t25-,26+/m0/s1. The number of benzene rings is 1. The summed E-state index contributed by atoms with van der Waals surface area (Å²) in [6.07, 6.45) is 8.13. The number of hydrogen-bond acceptors (Lipinski definition) is 3. The Morgan fingerprint density at radius 3 is 2.58 bits per heavy atom. The molecule has 1 aromatic carbocycles. The second kappa shape index (κ2) is 9.18. The maximum Gasteiger partial charge on any atom is 0.170 e. The molecule has 5 rings (SSSR count). The van der Waals surface area contributed by atoms with Gasteiger partial charge in [-0.3, -0.25) is 4.98 Å². The van der Waals surface area contributed by atoms with Gasteiger partial charge in [-0.1, -0.05) is 31.4 Å². The normalized spacial score (nSPS) is 21.3. The van der Waals surface area contributed by atoms with Crippen molar-refractivity contribution in [2.24, 2.45) is 0 Å². The SMILES string of the molecule is COc1cccc(-n2c(C)cc([C@@H]3[C@H](c4ccccn4)NC(=S)N3C3CCCCC3)c2C)c1.